The van der Waals surface area contributed by atoms with Crippen LogP contribution in [0, 0.1) is 0 Å². The molecule has 0 N–H and O–H groups in total. The fraction of sp³-hybridized carbons (Fsp3) is 0.105. The number of nitrogens with zero attached hydrogens (tertiary/aromatic N) is 2. The Bertz CT molecular complexity index is 2120. The predicted molar refractivity (Wildman–Crippen MR) is 189 cm³/mol. The maximum atomic E-state index is 2.40. The zero-order chi connectivity index (χ0) is 28.5. The zero-order valence-corrected chi connectivity index (χ0v) is 25.7. The normalized spacial score (nSPS) is 11.8. The lowest BCUT2D eigenvalue weighted by atomic mass is 10.00. The molecule has 0 fully saturated rings. The number of anilines is 2. The van der Waals surface area contributed by atoms with E-state index in [0.29, 0.717) is 0 Å². The van der Waals surface area contributed by atoms with E-state index in [1.54, 1.807) is 0 Å². The molecule has 2 aromatic heterocycles. The van der Waals surface area contributed by atoms with E-state index in [4.69, 9.17) is 0 Å². The summed E-state index contributed by atoms with van der Waals surface area (Å²) >= 11 is 3.87. The smallest absolute Gasteiger partial charge is 0.0542 e. The third-order valence-corrected chi connectivity index (χ3v) is 10.9. The highest BCUT2D eigenvalue weighted by Gasteiger charge is 2.15. The summed E-state index contributed by atoms with van der Waals surface area (Å²) in [7, 11) is 8.32. The van der Waals surface area contributed by atoms with Crippen LogP contribution in [-0.2, 0) is 0 Å². The van der Waals surface area contributed by atoms with Gasteiger partial charge in [0.25, 0.3) is 0 Å². The molecule has 0 aliphatic rings. The van der Waals surface area contributed by atoms with Crippen LogP contribution in [0.5, 0.6) is 0 Å². The average molecular weight is 579 g/mol. The summed E-state index contributed by atoms with van der Waals surface area (Å²) in [5.74, 6) is 0. The maximum Gasteiger partial charge on any atom is 0.0542 e. The van der Waals surface area contributed by atoms with Crippen LogP contribution in [0.25, 0.3) is 73.4 Å². The quantitative estimate of drug-likeness (QED) is 0.205. The van der Waals surface area contributed by atoms with Crippen molar-refractivity contribution in [2.45, 2.75) is 0 Å². The van der Waals surface area contributed by atoms with Gasteiger partial charge in [-0.15, -0.1) is 22.7 Å². The van der Waals surface area contributed by atoms with Gasteiger partial charge in [-0.05, 0) is 104 Å². The second-order valence-corrected chi connectivity index (χ2v) is 13.7. The monoisotopic (exact) mass is 578 g/mol. The molecular weight excluding hydrogens is 549 g/mol. The van der Waals surface area contributed by atoms with Crippen molar-refractivity contribution in [3.05, 3.63) is 109 Å². The first-order valence-electron chi connectivity index (χ1n) is 14.2. The highest BCUT2D eigenvalue weighted by atomic mass is 32.1. The van der Waals surface area contributed by atoms with Gasteiger partial charge in [0.2, 0.25) is 0 Å². The molecule has 0 unspecified atom stereocenters. The largest absolute Gasteiger partial charge is 0.378 e. The Balaban J connectivity index is 1.20. The van der Waals surface area contributed by atoms with Crippen LogP contribution in [0.1, 0.15) is 0 Å². The third kappa shape index (κ3) is 4.13. The second kappa shape index (κ2) is 9.59. The molecule has 0 saturated heterocycles. The molecular formula is C38H30N2S2. The Hall–Kier alpha value is -4.38. The molecule has 0 saturated carbocycles. The Morgan fingerprint density at radius 2 is 0.762 bits per heavy atom. The maximum absolute atomic E-state index is 2.40. The molecule has 8 aromatic rings. The van der Waals surface area contributed by atoms with Gasteiger partial charge in [0.15, 0.2) is 0 Å². The van der Waals surface area contributed by atoms with E-state index in [9.17, 15) is 0 Å². The fourth-order valence-corrected chi connectivity index (χ4v) is 8.70. The molecule has 42 heavy (non-hydrogen) atoms. The standard InChI is InChI=1S/C38H30N2S2/c1-39(2)31-13-9-23(10-14-31)25-5-7-27-19-33-35(21-29(27)17-25)41-38-34-20-28-8-6-26(18-30(28)22-36(34)42-37(33)38)24-11-15-32(16-12-24)40(3)4/h5-22H,1-4H3. The summed E-state index contributed by atoms with van der Waals surface area (Å²) < 4.78 is 5.54. The van der Waals surface area contributed by atoms with Gasteiger partial charge in [-0.25, -0.2) is 0 Å². The van der Waals surface area contributed by atoms with Crippen molar-refractivity contribution in [1.82, 2.24) is 0 Å². The van der Waals surface area contributed by atoms with Crippen molar-refractivity contribution < 1.29 is 0 Å². The summed E-state index contributed by atoms with van der Waals surface area (Å²) in [6, 6.07) is 40.9. The van der Waals surface area contributed by atoms with E-state index in [1.165, 1.54) is 84.7 Å². The summed E-state index contributed by atoms with van der Waals surface area (Å²) in [6.45, 7) is 0. The minimum Gasteiger partial charge on any atom is -0.378 e. The molecule has 0 bridgehead atoms. The number of fused-ring (bicyclic) bond motifs is 7. The number of thiophene rings is 2. The minimum absolute atomic E-state index is 1.22. The van der Waals surface area contributed by atoms with Gasteiger partial charge in [0.1, 0.15) is 0 Å². The first-order valence-corrected chi connectivity index (χ1v) is 15.9. The number of rotatable bonds is 4. The van der Waals surface area contributed by atoms with Crippen molar-refractivity contribution >= 4 is 85.2 Å². The number of hydrogen-bond acceptors (Lipinski definition) is 4. The minimum atomic E-state index is 1.22. The average Bonchev–Trinajstić information content (AvgIpc) is 3.53. The fourth-order valence-electron chi connectivity index (χ4n) is 6.01. The summed E-state index contributed by atoms with van der Waals surface area (Å²) in [5.41, 5.74) is 7.46. The van der Waals surface area contributed by atoms with Gasteiger partial charge in [0, 0.05) is 59.7 Å². The SMILES string of the molecule is CN(C)c1ccc(-c2ccc3cc4c(cc3c2)sc2c3cc5ccc(-c6ccc(N(C)C)cc6)cc5cc3sc42)cc1. The lowest BCUT2D eigenvalue weighted by Crippen LogP contribution is -2.07. The Kier molecular flexibility index (Phi) is 5.78. The summed E-state index contributed by atoms with van der Waals surface area (Å²) in [6.07, 6.45) is 0. The van der Waals surface area contributed by atoms with Crippen molar-refractivity contribution in [3.63, 3.8) is 0 Å². The topological polar surface area (TPSA) is 6.48 Å². The van der Waals surface area contributed by atoms with Crippen molar-refractivity contribution in [1.29, 1.82) is 0 Å². The molecule has 0 aliphatic carbocycles. The van der Waals surface area contributed by atoms with Crippen LogP contribution in [0.4, 0.5) is 11.4 Å². The lowest BCUT2D eigenvalue weighted by Gasteiger charge is -2.13. The number of hydrogen-bond donors (Lipinski definition) is 0. The van der Waals surface area contributed by atoms with E-state index < -0.39 is 0 Å². The lowest BCUT2D eigenvalue weighted by molar-refractivity contribution is 1.13. The first kappa shape index (κ1) is 25.3. The van der Waals surface area contributed by atoms with Gasteiger partial charge in [0.05, 0.1) is 9.40 Å². The van der Waals surface area contributed by atoms with E-state index in [2.05, 4.69) is 147 Å². The third-order valence-electron chi connectivity index (χ3n) is 8.43. The Morgan fingerprint density at radius 1 is 0.381 bits per heavy atom. The molecule has 0 amide bonds. The highest BCUT2D eigenvalue weighted by molar-refractivity contribution is 7.36. The second-order valence-electron chi connectivity index (χ2n) is 11.6. The molecule has 204 valence electrons. The van der Waals surface area contributed by atoms with E-state index >= 15 is 0 Å². The Morgan fingerprint density at radius 3 is 1.14 bits per heavy atom. The van der Waals surface area contributed by atoms with E-state index in [1.807, 2.05) is 22.7 Å². The predicted octanol–water partition coefficient (Wildman–Crippen LogP) is 11.0. The summed E-state index contributed by atoms with van der Waals surface area (Å²) in [4.78, 5) is 4.27. The zero-order valence-electron chi connectivity index (χ0n) is 24.1. The van der Waals surface area contributed by atoms with Crippen molar-refractivity contribution in [2.24, 2.45) is 0 Å². The molecule has 0 aliphatic heterocycles. The van der Waals surface area contributed by atoms with Gasteiger partial charge in [-0.2, -0.15) is 0 Å². The van der Waals surface area contributed by atoms with Crippen LogP contribution >= 0.6 is 22.7 Å². The van der Waals surface area contributed by atoms with Crippen LogP contribution in [0.3, 0.4) is 0 Å². The summed E-state index contributed by atoms with van der Waals surface area (Å²) in [5, 5.41) is 7.93. The molecule has 0 spiro atoms. The highest BCUT2D eigenvalue weighted by Crippen LogP contribution is 2.46. The number of benzene rings is 6. The first-order chi connectivity index (χ1) is 20.4. The molecule has 0 atom stereocenters. The van der Waals surface area contributed by atoms with E-state index in [-0.39, 0.29) is 0 Å². The van der Waals surface area contributed by atoms with Crippen LogP contribution in [0.15, 0.2) is 109 Å². The van der Waals surface area contributed by atoms with Crippen molar-refractivity contribution in [2.75, 3.05) is 38.0 Å². The van der Waals surface area contributed by atoms with Crippen LogP contribution < -0.4 is 9.80 Å². The van der Waals surface area contributed by atoms with Gasteiger partial charge in [-0.1, -0.05) is 48.5 Å². The Labute approximate surface area is 253 Å². The molecule has 6 aromatic carbocycles. The molecule has 4 heteroatoms. The molecule has 0 radical (unpaired) electrons. The van der Waals surface area contributed by atoms with Gasteiger partial charge in [-0.3, -0.25) is 0 Å². The van der Waals surface area contributed by atoms with Crippen LogP contribution in [0.2, 0.25) is 0 Å². The van der Waals surface area contributed by atoms with E-state index in [0.717, 1.165) is 0 Å². The van der Waals surface area contributed by atoms with Gasteiger partial charge >= 0.3 is 0 Å². The van der Waals surface area contributed by atoms with Crippen molar-refractivity contribution in [3.8, 4) is 22.3 Å². The van der Waals surface area contributed by atoms with Gasteiger partial charge < -0.3 is 9.80 Å². The molecule has 8 rings (SSSR count). The molecule has 2 nitrogen and oxygen atoms in total. The van der Waals surface area contributed by atoms with Crippen LogP contribution in [-0.4, -0.2) is 28.2 Å². The molecule has 2 heterocycles.